The van der Waals surface area contributed by atoms with E-state index < -0.39 is 5.91 Å². The number of aromatic nitrogens is 2. The lowest BCUT2D eigenvalue weighted by molar-refractivity contribution is -0.122. The second-order valence-electron chi connectivity index (χ2n) is 3.14. The summed E-state index contributed by atoms with van der Waals surface area (Å²) in [6.45, 7) is 0.546. The number of ether oxygens (including phenoxy) is 1. The number of hydrogen-bond acceptors (Lipinski definition) is 5. The molecule has 7 heteroatoms. The van der Waals surface area contributed by atoms with E-state index in [9.17, 15) is 9.59 Å². The Kier molecular flexibility index (Phi) is 4.46. The minimum Gasteiger partial charge on any atom is -0.370 e. The first-order valence-corrected chi connectivity index (χ1v) is 4.73. The standard InChI is InChI=1S/C9H14N4O3/c1-13-4-2-11-8(9(13)15)12-3-5-16-6-7(10)14/h2,4H,3,5-6H2,1H3,(H2,10,14)(H,11,12). The molecule has 0 aliphatic heterocycles. The molecule has 0 saturated heterocycles. The number of carbonyl (C=O) groups excluding carboxylic acids is 1. The van der Waals surface area contributed by atoms with E-state index in [2.05, 4.69) is 10.3 Å². The van der Waals surface area contributed by atoms with Crippen molar-refractivity contribution in [3.05, 3.63) is 22.7 Å². The number of rotatable bonds is 6. The van der Waals surface area contributed by atoms with Crippen molar-refractivity contribution in [1.29, 1.82) is 0 Å². The topological polar surface area (TPSA) is 99.2 Å². The molecule has 0 aromatic carbocycles. The lowest BCUT2D eigenvalue weighted by atomic mass is 10.5. The van der Waals surface area contributed by atoms with Gasteiger partial charge in [0.2, 0.25) is 5.91 Å². The van der Waals surface area contributed by atoms with E-state index in [0.29, 0.717) is 6.54 Å². The average Bonchev–Trinajstić information content (AvgIpc) is 2.23. The van der Waals surface area contributed by atoms with Crippen molar-refractivity contribution in [1.82, 2.24) is 9.55 Å². The van der Waals surface area contributed by atoms with Crippen LogP contribution in [0.25, 0.3) is 0 Å². The van der Waals surface area contributed by atoms with Crippen molar-refractivity contribution in [2.75, 3.05) is 25.1 Å². The molecule has 0 spiro atoms. The van der Waals surface area contributed by atoms with Crippen LogP contribution in [-0.2, 0) is 16.6 Å². The van der Waals surface area contributed by atoms with Crippen molar-refractivity contribution in [3.63, 3.8) is 0 Å². The van der Waals surface area contributed by atoms with E-state index in [1.807, 2.05) is 0 Å². The van der Waals surface area contributed by atoms with Gasteiger partial charge in [-0.1, -0.05) is 0 Å². The van der Waals surface area contributed by atoms with Gasteiger partial charge in [0.15, 0.2) is 5.82 Å². The van der Waals surface area contributed by atoms with Crippen LogP contribution in [0.15, 0.2) is 17.2 Å². The molecule has 16 heavy (non-hydrogen) atoms. The lowest BCUT2D eigenvalue weighted by Crippen LogP contribution is -2.25. The van der Waals surface area contributed by atoms with Crippen LogP contribution in [0.2, 0.25) is 0 Å². The summed E-state index contributed by atoms with van der Waals surface area (Å²) in [6.07, 6.45) is 3.09. The zero-order valence-corrected chi connectivity index (χ0v) is 8.97. The Balaban J connectivity index is 2.35. The van der Waals surface area contributed by atoms with Crippen molar-refractivity contribution in [3.8, 4) is 0 Å². The maximum absolute atomic E-state index is 11.5. The molecule has 1 rings (SSSR count). The Hall–Kier alpha value is -1.89. The zero-order valence-electron chi connectivity index (χ0n) is 8.97. The molecular weight excluding hydrogens is 212 g/mol. The first-order chi connectivity index (χ1) is 7.61. The second-order valence-corrected chi connectivity index (χ2v) is 3.14. The summed E-state index contributed by atoms with van der Waals surface area (Å²) in [4.78, 5) is 25.7. The quantitative estimate of drug-likeness (QED) is 0.587. The summed E-state index contributed by atoms with van der Waals surface area (Å²) in [7, 11) is 1.64. The number of nitrogens with zero attached hydrogens (tertiary/aromatic N) is 2. The van der Waals surface area contributed by atoms with Crippen molar-refractivity contribution in [2.45, 2.75) is 0 Å². The molecule has 0 atom stereocenters. The smallest absolute Gasteiger partial charge is 0.293 e. The van der Waals surface area contributed by atoms with Crippen LogP contribution in [0.1, 0.15) is 0 Å². The van der Waals surface area contributed by atoms with Gasteiger partial charge < -0.3 is 20.4 Å². The van der Waals surface area contributed by atoms with Crippen LogP contribution < -0.4 is 16.6 Å². The van der Waals surface area contributed by atoms with Gasteiger partial charge in [-0.2, -0.15) is 0 Å². The number of anilines is 1. The highest BCUT2D eigenvalue weighted by Gasteiger charge is 2.01. The fourth-order valence-electron chi connectivity index (χ4n) is 1.03. The van der Waals surface area contributed by atoms with E-state index in [4.69, 9.17) is 10.5 Å². The van der Waals surface area contributed by atoms with Crippen LogP contribution in [0.3, 0.4) is 0 Å². The second kappa shape index (κ2) is 5.86. The van der Waals surface area contributed by atoms with E-state index >= 15 is 0 Å². The maximum atomic E-state index is 11.5. The van der Waals surface area contributed by atoms with Gasteiger partial charge in [0.1, 0.15) is 6.61 Å². The number of hydrogen-bond donors (Lipinski definition) is 2. The Labute approximate surface area is 92.2 Å². The third-order valence-electron chi connectivity index (χ3n) is 1.80. The molecule has 1 heterocycles. The van der Waals surface area contributed by atoms with Crippen LogP contribution in [0.5, 0.6) is 0 Å². The molecule has 0 fully saturated rings. The minimum absolute atomic E-state index is 0.123. The molecule has 88 valence electrons. The monoisotopic (exact) mass is 226 g/mol. The summed E-state index contributed by atoms with van der Waals surface area (Å²) in [5, 5.41) is 2.81. The predicted octanol–water partition coefficient (Wildman–Crippen LogP) is -1.31. The van der Waals surface area contributed by atoms with Gasteiger partial charge in [0.05, 0.1) is 6.61 Å². The van der Waals surface area contributed by atoms with Crippen molar-refractivity contribution in [2.24, 2.45) is 12.8 Å². The fraction of sp³-hybridized carbons (Fsp3) is 0.444. The molecule has 0 saturated carbocycles. The Morgan fingerprint density at radius 2 is 2.44 bits per heavy atom. The molecule has 0 radical (unpaired) electrons. The molecule has 0 bridgehead atoms. The van der Waals surface area contributed by atoms with E-state index in [0.717, 1.165) is 0 Å². The Bertz CT molecular complexity index is 415. The Morgan fingerprint density at radius 1 is 1.69 bits per heavy atom. The van der Waals surface area contributed by atoms with Gasteiger partial charge in [0.25, 0.3) is 5.56 Å². The lowest BCUT2D eigenvalue weighted by Gasteiger charge is -2.05. The van der Waals surface area contributed by atoms with Gasteiger partial charge in [0, 0.05) is 26.0 Å². The van der Waals surface area contributed by atoms with Gasteiger partial charge >= 0.3 is 0 Å². The highest BCUT2D eigenvalue weighted by molar-refractivity contribution is 5.74. The first-order valence-electron chi connectivity index (χ1n) is 4.73. The molecule has 1 aromatic heterocycles. The largest absolute Gasteiger partial charge is 0.370 e. The number of carbonyl (C=O) groups is 1. The molecule has 0 aliphatic rings. The maximum Gasteiger partial charge on any atom is 0.293 e. The Morgan fingerprint density at radius 3 is 3.12 bits per heavy atom. The first kappa shape index (κ1) is 12.2. The molecular formula is C9H14N4O3. The third kappa shape index (κ3) is 3.70. The number of primary amides is 1. The molecule has 3 N–H and O–H groups in total. The highest BCUT2D eigenvalue weighted by atomic mass is 16.5. The van der Waals surface area contributed by atoms with Crippen LogP contribution in [-0.4, -0.2) is 35.2 Å². The van der Waals surface area contributed by atoms with Crippen LogP contribution >= 0.6 is 0 Å². The molecule has 0 unspecified atom stereocenters. The van der Waals surface area contributed by atoms with Crippen LogP contribution in [0.4, 0.5) is 5.82 Å². The molecule has 1 amide bonds. The minimum atomic E-state index is -0.520. The molecule has 1 aromatic rings. The van der Waals surface area contributed by atoms with Crippen molar-refractivity contribution >= 4 is 11.7 Å². The predicted molar refractivity (Wildman–Crippen MR) is 58.0 cm³/mol. The highest BCUT2D eigenvalue weighted by Crippen LogP contribution is 1.90. The summed E-state index contributed by atoms with van der Waals surface area (Å²) in [6, 6.07) is 0. The van der Waals surface area contributed by atoms with E-state index in [1.165, 1.54) is 10.8 Å². The van der Waals surface area contributed by atoms with E-state index in [1.54, 1.807) is 13.2 Å². The zero-order chi connectivity index (χ0) is 12.0. The van der Waals surface area contributed by atoms with E-state index in [-0.39, 0.29) is 24.6 Å². The summed E-state index contributed by atoms with van der Waals surface area (Å²) < 4.78 is 6.33. The van der Waals surface area contributed by atoms with Gasteiger partial charge in [-0.3, -0.25) is 9.59 Å². The normalized spacial score (nSPS) is 10.1. The summed E-state index contributed by atoms with van der Waals surface area (Å²) in [5.41, 5.74) is 4.67. The summed E-state index contributed by atoms with van der Waals surface area (Å²) in [5.74, 6) is -0.263. The van der Waals surface area contributed by atoms with Gasteiger partial charge in [-0.25, -0.2) is 4.98 Å². The number of amides is 1. The van der Waals surface area contributed by atoms with Gasteiger partial charge in [-0.15, -0.1) is 0 Å². The average molecular weight is 226 g/mol. The molecule has 0 aliphatic carbocycles. The SMILES string of the molecule is Cn1ccnc(NCCOCC(N)=O)c1=O. The van der Waals surface area contributed by atoms with Crippen molar-refractivity contribution < 1.29 is 9.53 Å². The number of aryl methyl sites for hydroxylation is 1. The number of nitrogens with two attached hydrogens (primary N) is 1. The third-order valence-corrected chi connectivity index (χ3v) is 1.80. The summed E-state index contributed by atoms with van der Waals surface area (Å²) >= 11 is 0. The fourth-order valence-corrected chi connectivity index (χ4v) is 1.03. The number of nitrogens with one attached hydrogen (secondary N) is 1. The molecule has 7 nitrogen and oxygen atoms in total. The van der Waals surface area contributed by atoms with Gasteiger partial charge in [-0.05, 0) is 0 Å². The van der Waals surface area contributed by atoms with Crippen LogP contribution in [0, 0.1) is 0 Å².